The van der Waals surface area contributed by atoms with Crippen LogP contribution in [-0.2, 0) is 4.79 Å². The van der Waals surface area contributed by atoms with E-state index < -0.39 is 5.97 Å². The second kappa shape index (κ2) is 6.08. The Morgan fingerprint density at radius 2 is 2.06 bits per heavy atom. The van der Waals surface area contributed by atoms with Crippen LogP contribution in [0.15, 0.2) is 42.5 Å². The summed E-state index contributed by atoms with van der Waals surface area (Å²) >= 11 is 0. The lowest BCUT2D eigenvalue weighted by Gasteiger charge is -2.17. The summed E-state index contributed by atoms with van der Waals surface area (Å²) in [5.74, 6) is -0.949. The number of hydrogen-bond donors (Lipinski definition) is 2. The maximum atomic E-state index is 10.6. The molecule has 3 nitrogen and oxygen atoms in total. The second-order valence-electron chi connectivity index (χ2n) is 3.66. The van der Waals surface area contributed by atoms with Crippen molar-refractivity contribution >= 4 is 5.97 Å². The third-order valence-corrected chi connectivity index (χ3v) is 2.47. The number of nitrogens with one attached hydrogen (secondary N) is 1. The number of hydrogen-bond acceptors (Lipinski definition) is 2. The monoisotopic (exact) mass is 219 g/mol. The van der Waals surface area contributed by atoms with Crippen LogP contribution in [-0.4, -0.2) is 17.6 Å². The Labute approximate surface area is 95.8 Å². The molecule has 1 atom stereocenters. The van der Waals surface area contributed by atoms with Gasteiger partial charge in [-0.25, -0.2) is 4.79 Å². The smallest absolute Gasteiger partial charge is 0.332 e. The Morgan fingerprint density at radius 1 is 1.44 bits per heavy atom. The molecule has 0 saturated carbocycles. The van der Waals surface area contributed by atoms with E-state index in [-0.39, 0.29) is 11.6 Å². The highest BCUT2D eigenvalue weighted by Crippen LogP contribution is 2.15. The maximum Gasteiger partial charge on any atom is 0.332 e. The molecule has 0 fully saturated rings. The molecule has 0 saturated heterocycles. The quantitative estimate of drug-likeness (QED) is 0.722. The van der Waals surface area contributed by atoms with Crippen LogP contribution >= 0.6 is 0 Å². The second-order valence-corrected chi connectivity index (χ2v) is 3.66. The van der Waals surface area contributed by atoms with Crippen molar-refractivity contribution in [2.24, 2.45) is 0 Å². The van der Waals surface area contributed by atoms with Crippen molar-refractivity contribution < 1.29 is 9.90 Å². The fraction of sp³-hybridized carbons (Fsp3) is 0.308. The molecule has 1 unspecified atom stereocenters. The minimum Gasteiger partial charge on any atom is -0.478 e. The van der Waals surface area contributed by atoms with E-state index >= 15 is 0 Å². The van der Waals surface area contributed by atoms with Crippen LogP contribution in [0, 0.1) is 0 Å². The molecule has 0 bridgehead atoms. The average molecular weight is 219 g/mol. The van der Waals surface area contributed by atoms with Gasteiger partial charge in [-0.1, -0.05) is 43.8 Å². The molecule has 0 heterocycles. The molecule has 0 aliphatic heterocycles. The van der Waals surface area contributed by atoms with Crippen LogP contribution in [0.4, 0.5) is 0 Å². The van der Waals surface area contributed by atoms with Crippen molar-refractivity contribution in [3.8, 4) is 0 Å². The summed E-state index contributed by atoms with van der Waals surface area (Å²) in [6.07, 6.45) is 0.914. The van der Waals surface area contributed by atoms with Gasteiger partial charge >= 0.3 is 5.97 Å². The van der Waals surface area contributed by atoms with E-state index in [2.05, 4.69) is 18.8 Å². The molecule has 0 aromatic heterocycles. The number of carbonyl (C=O) groups is 1. The molecule has 1 aromatic rings. The molecule has 1 aromatic carbocycles. The lowest BCUT2D eigenvalue weighted by molar-refractivity contribution is -0.132. The van der Waals surface area contributed by atoms with Gasteiger partial charge in [0.15, 0.2) is 0 Å². The molecule has 86 valence electrons. The lowest BCUT2D eigenvalue weighted by atomic mass is 10.0. The van der Waals surface area contributed by atoms with Crippen LogP contribution in [0.25, 0.3) is 0 Å². The van der Waals surface area contributed by atoms with Crippen molar-refractivity contribution in [2.75, 3.05) is 6.54 Å². The van der Waals surface area contributed by atoms with E-state index in [4.69, 9.17) is 5.11 Å². The Bertz CT molecular complexity index is 359. The fourth-order valence-corrected chi connectivity index (χ4v) is 1.51. The molecular formula is C13H17NO2. The topological polar surface area (TPSA) is 49.3 Å². The Balaban J connectivity index is 2.57. The number of benzene rings is 1. The van der Waals surface area contributed by atoms with Gasteiger partial charge in [0.25, 0.3) is 0 Å². The summed E-state index contributed by atoms with van der Waals surface area (Å²) in [6, 6.07) is 10.2. The first-order valence-electron chi connectivity index (χ1n) is 5.34. The first-order valence-corrected chi connectivity index (χ1v) is 5.34. The zero-order valence-electron chi connectivity index (χ0n) is 9.44. The van der Waals surface area contributed by atoms with Gasteiger partial charge in [-0.05, 0) is 12.0 Å². The summed E-state index contributed by atoms with van der Waals surface area (Å²) in [7, 11) is 0. The molecule has 0 radical (unpaired) electrons. The van der Waals surface area contributed by atoms with Gasteiger partial charge < -0.3 is 10.4 Å². The number of rotatable bonds is 6. The molecule has 1 rings (SSSR count). The molecule has 3 heteroatoms. The fourth-order valence-electron chi connectivity index (χ4n) is 1.51. The van der Waals surface area contributed by atoms with Gasteiger partial charge in [0.05, 0.1) is 0 Å². The number of carboxylic acids is 1. The van der Waals surface area contributed by atoms with Gasteiger partial charge in [0, 0.05) is 18.2 Å². The van der Waals surface area contributed by atoms with Crippen LogP contribution in [0.3, 0.4) is 0 Å². The van der Waals surface area contributed by atoms with E-state index in [1.807, 2.05) is 30.3 Å². The Hall–Kier alpha value is -1.61. The third kappa shape index (κ3) is 3.51. The van der Waals surface area contributed by atoms with Gasteiger partial charge in [0.1, 0.15) is 0 Å². The van der Waals surface area contributed by atoms with E-state index in [0.717, 1.165) is 6.42 Å². The SMILES string of the molecule is C=C(CNC(CC)c1ccccc1)C(=O)O. The van der Waals surface area contributed by atoms with Crippen molar-refractivity contribution in [2.45, 2.75) is 19.4 Å². The lowest BCUT2D eigenvalue weighted by Crippen LogP contribution is -2.25. The predicted octanol–water partition coefficient (Wildman–Crippen LogP) is 2.37. The normalized spacial score (nSPS) is 12.1. The largest absolute Gasteiger partial charge is 0.478 e. The van der Waals surface area contributed by atoms with Crippen LogP contribution in [0.2, 0.25) is 0 Å². The van der Waals surface area contributed by atoms with Gasteiger partial charge in [-0.15, -0.1) is 0 Å². The van der Waals surface area contributed by atoms with Crippen LogP contribution in [0.1, 0.15) is 24.9 Å². The first kappa shape index (κ1) is 12.5. The highest BCUT2D eigenvalue weighted by Gasteiger charge is 2.10. The summed E-state index contributed by atoms with van der Waals surface area (Å²) in [4.78, 5) is 10.6. The minimum atomic E-state index is -0.949. The summed E-state index contributed by atoms with van der Waals surface area (Å²) < 4.78 is 0. The van der Waals surface area contributed by atoms with Crippen molar-refractivity contribution in [3.63, 3.8) is 0 Å². The van der Waals surface area contributed by atoms with Gasteiger partial charge in [-0.2, -0.15) is 0 Å². The van der Waals surface area contributed by atoms with Crippen molar-refractivity contribution in [3.05, 3.63) is 48.0 Å². The van der Waals surface area contributed by atoms with Crippen LogP contribution < -0.4 is 5.32 Å². The molecule has 0 spiro atoms. The van der Waals surface area contributed by atoms with E-state index in [9.17, 15) is 4.79 Å². The molecular weight excluding hydrogens is 202 g/mol. The van der Waals surface area contributed by atoms with E-state index in [1.165, 1.54) is 5.56 Å². The van der Waals surface area contributed by atoms with E-state index in [1.54, 1.807) is 0 Å². The van der Waals surface area contributed by atoms with Gasteiger partial charge in [0.2, 0.25) is 0 Å². The number of aliphatic carboxylic acids is 1. The van der Waals surface area contributed by atoms with Gasteiger partial charge in [-0.3, -0.25) is 0 Å². The first-order chi connectivity index (χ1) is 7.65. The third-order valence-electron chi connectivity index (χ3n) is 2.47. The molecule has 0 aliphatic rings. The number of carboxylic acid groups (broad SMARTS) is 1. The highest BCUT2D eigenvalue weighted by molar-refractivity contribution is 5.86. The minimum absolute atomic E-state index is 0.178. The zero-order valence-corrected chi connectivity index (χ0v) is 9.44. The summed E-state index contributed by atoms with van der Waals surface area (Å²) in [6.45, 7) is 5.86. The summed E-state index contributed by atoms with van der Waals surface area (Å²) in [5.41, 5.74) is 1.36. The predicted molar refractivity (Wildman–Crippen MR) is 64.3 cm³/mol. The average Bonchev–Trinajstić information content (AvgIpc) is 2.30. The van der Waals surface area contributed by atoms with Crippen molar-refractivity contribution in [1.82, 2.24) is 5.32 Å². The highest BCUT2D eigenvalue weighted by atomic mass is 16.4. The molecule has 2 N–H and O–H groups in total. The molecule has 0 amide bonds. The molecule has 0 aliphatic carbocycles. The standard InChI is InChI=1S/C13H17NO2/c1-3-12(11-7-5-4-6-8-11)14-9-10(2)13(15)16/h4-8,12,14H,2-3,9H2,1H3,(H,15,16). The molecule has 16 heavy (non-hydrogen) atoms. The Morgan fingerprint density at radius 3 is 2.56 bits per heavy atom. The summed E-state index contributed by atoms with van der Waals surface area (Å²) in [5, 5.41) is 11.9. The van der Waals surface area contributed by atoms with E-state index in [0.29, 0.717) is 6.54 Å². The Kier molecular flexibility index (Phi) is 4.73. The maximum absolute atomic E-state index is 10.6. The van der Waals surface area contributed by atoms with Crippen molar-refractivity contribution in [1.29, 1.82) is 0 Å². The van der Waals surface area contributed by atoms with Crippen LogP contribution in [0.5, 0.6) is 0 Å². The zero-order chi connectivity index (χ0) is 12.0.